The van der Waals surface area contributed by atoms with Crippen molar-refractivity contribution in [3.05, 3.63) is 29.8 Å². The molecule has 94 valence electrons. The summed E-state index contributed by atoms with van der Waals surface area (Å²) in [6.07, 6.45) is 0. The van der Waals surface area contributed by atoms with Crippen molar-refractivity contribution in [3.63, 3.8) is 0 Å². The summed E-state index contributed by atoms with van der Waals surface area (Å²) in [5.74, 6) is -0.963. The number of hydrogen-bond acceptors (Lipinski definition) is 3. The quantitative estimate of drug-likeness (QED) is 0.796. The van der Waals surface area contributed by atoms with Crippen LogP contribution in [0.2, 0.25) is 0 Å². The number of para-hydroxylation sites is 1. The van der Waals surface area contributed by atoms with Crippen LogP contribution in [0.3, 0.4) is 0 Å². The van der Waals surface area contributed by atoms with Crippen LogP contribution in [-0.2, 0) is 9.53 Å². The number of hydrogen-bond donors (Lipinski definition) is 2. The zero-order valence-electron chi connectivity index (χ0n) is 10.4. The number of aliphatic carboxylic acids is 1. The first-order valence-corrected chi connectivity index (χ1v) is 5.60. The van der Waals surface area contributed by atoms with Crippen LogP contribution < -0.4 is 5.32 Å². The second-order valence-electron chi connectivity index (χ2n) is 4.21. The fraction of sp³-hybridized carbons (Fsp3) is 0.462. The van der Waals surface area contributed by atoms with Gasteiger partial charge in [0.1, 0.15) is 6.04 Å². The highest BCUT2D eigenvalue weighted by atomic mass is 16.5. The number of anilines is 1. The van der Waals surface area contributed by atoms with Crippen molar-refractivity contribution in [3.8, 4) is 0 Å². The zero-order valence-corrected chi connectivity index (χ0v) is 10.4. The molecule has 0 heterocycles. The zero-order chi connectivity index (χ0) is 12.8. The third-order valence-corrected chi connectivity index (χ3v) is 2.72. The Kier molecular flexibility index (Phi) is 4.97. The van der Waals surface area contributed by atoms with Crippen molar-refractivity contribution < 1.29 is 14.6 Å². The highest BCUT2D eigenvalue weighted by Crippen LogP contribution is 2.17. The molecule has 0 spiro atoms. The molecule has 0 amide bonds. The molecule has 2 N–H and O–H groups in total. The van der Waals surface area contributed by atoms with Gasteiger partial charge < -0.3 is 15.2 Å². The van der Waals surface area contributed by atoms with E-state index >= 15 is 0 Å². The minimum atomic E-state index is -0.863. The van der Waals surface area contributed by atoms with E-state index in [1.165, 1.54) is 0 Å². The third-order valence-electron chi connectivity index (χ3n) is 2.72. The lowest BCUT2D eigenvalue weighted by atomic mass is 10.0. The minimum Gasteiger partial charge on any atom is -0.480 e. The largest absolute Gasteiger partial charge is 0.480 e. The molecule has 2 unspecified atom stereocenters. The number of carboxylic acids is 1. The van der Waals surface area contributed by atoms with Gasteiger partial charge in [-0.15, -0.1) is 0 Å². The maximum absolute atomic E-state index is 11.2. The van der Waals surface area contributed by atoms with E-state index in [9.17, 15) is 9.90 Å². The fourth-order valence-electron chi connectivity index (χ4n) is 1.71. The number of benzene rings is 1. The Bertz CT molecular complexity index is 379. The molecule has 0 aliphatic carbocycles. The summed E-state index contributed by atoms with van der Waals surface area (Å²) in [7, 11) is 1.57. The van der Waals surface area contributed by atoms with Crippen LogP contribution in [0.1, 0.15) is 12.5 Å². The second kappa shape index (κ2) is 6.25. The lowest BCUT2D eigenvalue weighted by Gasteiger charge is -2.22. The summed E-state index contributed by atoms with van der Waals surface area (Å²) in [4.78, 5) is 11.2. The molecule has 0 bridgehead atoms. The highest BCUT2D eigenvalue weighted by Gasteiger charge is 2.24. The van der Waals surface area contributed by atoms with E-state index in [1.807, 2.05) is 38.1 Å². The molecule has 0 saturated carbocycles. The monoisotopic (exact) mass is 237 g/mol. The molecule has 0 aromatic heterocycles. The predicted molar refractivity (Wildman–Crippen MR) is 67.3 cm³/mol. The molecule has 1 aromatic carbocycles. The lowest BCUT2D eigenvalue weighted by Crippen LogP contribution is -2.37. The van der Waals surface area contributed by atoms with Crippen LogP contribution in [0.25, 0.3) is 0 Å². The topological polar surface area (TPSA) is 58.6 Å². The van der Waals surface area contributed by atoms with Gasteiger partial charge in [-0.2, -0.15) is 0 Å². The molecule has 0 aliphatic heterocycles. The average Bonchev–Trinajstić information content (AvgIpc) is 2.27. The molecule has 1 aromatic rings. The lowest BCUT2D eigenvalue weighted by molar-refractivity contribution is -0.139. The Balaban J connectivity index is 2.80. The molecule has 1 rings (SSSR count). The van der Waals surface area contributed by atoms with Crippen LogP contribution in [0.4, 0.5) is 5.69 Å². The molecule has 0 radical (unpaired) electrons. The Labute approximate surface area is 102 Å². The van der Waals surface area contributed by atoms with E-state index in [0.29, 0.717) is 6.61 Å². The van der Waals surface area contributed by atoms with Crippen LogP contribution in [0.15, 0.2) is 24.3 Å². The molecular weight excluding hydrogens is 218 g/mol. The fourth-order valence-corrected chi connectivity index (χ4v) is 1.71. The third kappa shape index (κ3) is 3.75. The van der Waals surface area contributed by atoms with Gasteiger partial charge in [-0.05, 0) is 18.6 Å². The van der Waals surface area contributed by atoms with E-state index in [0.717, 1.165) is 11.3 Å². The van der Waals surface area contributed by atoms with Crippen molar-refractivity contribution in [2.45, 2.75) is 19.9 Å². The van der Waals surface area contributed by atoms with Gasteiger partial charge in [-0.25, -0.2) is 4.79 Å². The van der Waals surface area contributed by atoms with Gasteiger partial charge in [-0.3, -0.25) is 0 Å². The van der Waals surface area contributed by atoms with Crippen LogP contribution in [-0.4, -0.2) is 30.8 Å². The maximum Gasteiger partial charge on any atom is 0.326 e. The Morgan fingerprint density at radius 2 is 2.12 bits per heavy atom. The van der Waals surface area contributed by atoms with Gasteiger partial charge in [0.25, 0.3) is 0 Å². The number of carbonyl (C=O) groups is 1. The van der Waals surface area contributed by atoms with E-state index in [-0.39, 0.29) is 5.92 Å². The van der Waals surface area contributed by atoms with E-state index < -0.39 is 12.0 Å². The predicted octanol–water partition coefficient (Wildman–Crippen LogP) is 2.14. The first kappa shape index (κ1) is 13.5. The SMILES string of the molecule is COCC(C)C(Nc1ccccc1C)C(=O)O. The molecule has 0 aliphatic rings. The molecule has 0 saturated heterocycles. The van der Waals surface area contributed by atoms with E-state index in [2.05, 4.69) is 5.32 Å². The first-order chi connectivity index (χ1) is 8.06. The number of aryl methyl sites for hydroxylation is 1. The first-order valence-electron chi connectivity index (χ1n) is 5.60. The van der Waals surface area contributed by atoms with E-state index in [1.54, 1.807) is 7.11 Å². The van der Waals surface area contributed by atoms with Gasteiger partial charge in [0, 0.05) is 18.7 Å². The molecule has 4 heteroatoms. The summed E-state index contributed by atoms with van der Waals surface area (Å²) < 4.78 is 5.00. The van der Waals surface area contributed by atoms with Crippen LogP contribution >= 0.6 is 0 Å². The smallest absolute Gasteiger partial charge is 0.326 e. The van der Waals surface area contributed by atoms with Crippen molar-refractivity contribution in [2.24, 2.45) is 5.92 Å². The molecule has 0 fully saturated rings. The van der Waals surface area contributed by atoms with Gasteiger partial charge in [0.2, 0.25) is 0 Å². The van der Waals surface area contributed by atoms with Gasteiger partial charge in [-0.1, -0.05) is 25.1 Å². The summed E-state index contributed by atoms with van der Waals surface area (Å²) in [5.41, 5.74) is 1.88. The van der Waals surface area contributed by atoms with Crippen molar-refractivity contribution >= 4 is 11.7 Å². The minimum absolute atomic E-state index is 0.0999. The molecule has 17 heavy (non-hydrogen) atoms. The summed E-state index contributed by atoms with van der Waals surface area (Å²) in [6, 6.07) is 6.99. The summed E-state index contributed by atoms with van der Waals surface area (Å²) >= 11 is 0. The Morgan fingerprint density at radius 1 is 1.47 bits per heavy atom. The number of ether oxygens (including phenoxy) is 1. The maximum atomic E-state index is 11.2. The summed E-state index contributed by atoms with van der Waals surface area (Å²) in [6.45, 7) is 4.21. The number of methoxy groups -OCH3 is 1. The van der Waals surface area contributed by atoms with Gasteiger partial charge in [0.05, 0.1) is 6.61 Å². The molecular formula is C13H19NO3. The standard InChI is InChI=1S/C13H19NO3/c1-9-6-4-5-7-11(9)14-12(13(15)16)10(2)8-17-3/h4-7,10,12,14H,8H2,1-3H3,(H,15,16). The average molecular weight is 237 g/mol. The second-order valence-corrected chi connectivity index (χ2v) is 4.21. The number of nitrogens with one attached hydrogen (secondary N) is 1. The summed E-state index contributed by atoms with van der Waals surface area (Å²) in [5, 5.41) is 12.3. The Hall–Kier alpha value is -1.55. The Morgan fingerprint density at radius 3 is 2.65 bits per heavy atom. The number of rotatable bonds is 6. The molecule has 4 nitrogen and oxygen atoms in total. The van der Waals surface area contributed by atoms with Crippen molar-refractivity contribution in [1.82, 2.24) is 0 Å². The van der Waals surface area contributed by atoms with Gasteiger partial charge in [0.15, 0.2) is 0 Å². The van der Waals surface area contributed by atoms with Crippen molar-refractivity contribution in [1.29, 1.82) is 0 Å². The van der Waals surface area contributed by atoms with Crippen molar-refractivity contribution in [2.75, 3.05) is 19.0 Å². The van der Waals surface area contributed by atoms with Gasteiger partial charge >= 0.3 is 5.97 Å². The normalized spacial score (nSPS) is 14.1. The number of carboxylic acid groups (broad SMARTS) is 1. The van der Waals surface area contributed by atoms with Crippen LogP contribution in [0.5, 0.6) is 0 Å². The highest BCUT2D eigenvalue weighted by molar-refractivity contribution is 5.78. The van der Waals surface area contributed by atoms with E-state index in [4.69, 9.17) is 4.74 Å². The van der Waals surface area contributed by atoms with Crippen LogP contribution in [0, 0.1) is 12.8 Å². The molecule has 2 atom stereocenters.